The number of piperidine rings is 2. The predicted molar refractivity (Wildman–Crippen MR) is 129 cm³/mol. The van der Waals surface area contributed by atoms with E-state index < -0.39 is 0 Å². The van der Waals surface area contributed by atoms with Crippen LogP contribution in [0.25, 0.3) is 0 Å². The summed E-state index contributed by atoms with van der Waals surface area (Å²) in [6.45, 7) is 7.80. The summed E-state index contributed by atoms with van der Waals surface area (Å²) in [4.78, 5) is 35.0. The summed E-state index contributed by atoms with van der Waals surface area (Å²) in [5.74, 6) is 0.305. The van der Waals surface area contributed by atoms with Crippen molar-refractivity contribution in [3.63, 3.8) is 0 Å². The van der Waals surface area contributed by atoms with Crippen molar-refractivity contribution in [2.75, 3.05) is 19.6 Å². The molecule has 4 rings (SSSR count). The number of pyridine rings is 1. The van der Waals surface area contributed by atoms with Crippen molar-refractivity contribution in [1.82, 2.24) is 20.1 Å². The fourth-order valence-corrected chi connectivity index (χ4v) is 5.18. The second kappa shape index (κ2) is 10.9. The second-order valence-electron chi connectivity index (χ2n) is 9.86. The molecular weight excluding hydrogens is 412 g/mol. The second-order valence-corrected chi connectivity index (χ2v) is 9.86. The maximum atomic E-state index is 13.5. The lowest BCUT2D eigenvalue weighted by Gasteiger charge is -2.42. The van der Waals surface area contributed by atoms with Gasteiger partial charge in [-0.2, -0.15) is 0 Å². The SMILES string of the molecule is CC(C)CN1C(=O)CC[C@@H](C(=O)NC2CCN(Cc3ccccc3)CC2)[C@@H]1c1cccnc1. The summed E-state index contributed by atoms with van der Waals surface area (Å²) < 4.78 is 0. The van der Waals surface area contributed by atoms with Crippen LogP contribution >= 0.6 is 0 Å². The van der Waals surface area contributed by atoms with Crippen LogP contribution in [0, 0.1) is 11.8 Å². The fraction of sp³-hybridized carbons (Fsp3) is 0.519. The number of nitrogens with one attached hydrogen (secondary N) is 1. The van der Waals surface area contributed by atoms with E-state index in [0.717, 1.165) is 38.0 Å². The van der Waals surface area contributed by atoms with Gasteiger partial charge in [0.05, 0.1) is 12.0 Å². The van der Waals surface area contributed by atoms with Gasteiger partial charge in [-0.15, -0.1) is 0 Å². The molecule has 2 fully saturated rings. The van der Waals surface area contributed by atoms with Crippen molar-refractivity contribution in [1.29, 1.82) is 0 Å². The summed E-state index contributed by atoms with van der Waals surface area (Å²) in [6, 6.07) is 14.4. The van der Waals surface area contributed by atoms with Gasteiger partial charge in [0.2, 0.25) is 11.8 Å². The molecule has 6 nitrogen and oxygen atoms in total. The van der Waals surface area contributed by atoms with E-state index in [9.17, 15) is 9.59 Å². The lowest BCUT2D eigenvalue weighted by atomic mass is 9.83. The minimum Gasteiger partial charge on any atom is -0.353 e. The van der Waals surface area contributed by atoms with Gasteiger partial charge in [-0.1, -0.05) is 50.2 Å². The molecule has 2 aromatic rings. The molecule has 0 spiro atoms. The summed E-state index contributed by atoms with van der Waals surface area (Å²) in [5.41, 5.74) is 2.28. The Morgan fingerprint density at radius 3 is 2.52 bits per heavy atom. The molecule has 2 aliphatic rings. The first-order valence-electron chi connectivity index (χ1n) is 12.3. The standard InChI is InChI=1S/C27H36N4O2/c1-20(2)18-31-25(32)11-10-24(26(31)22-9-6-14-28-17-22)27(33)29-23-12-15-30(16-13-23)19-21-7-4-3-5-8-21/h3-9,14,17,20,23-24,26H,10-13,15-16,18-19H2,1-2H3,(H,29,33)/t24-,26+/m1/s1. The Kier molecular flexibility index (Phi) is 7.76. The Hall–Kier alpha value is -2.73. The highest BCUT2D eigenvalue weighted by molar-refractivity contribution is 5.85. The molecule has 0 unspecified atom stereocenters. The Morgan fingerprint density at radius 1 is 1.09 bits per heavy atom. The highest BCUT2D eigenvalue weighted by Gasteiger charge is 2.41. The van der Waals surface area contributed by atoms with E-state index in [1.54, 1.807) is 12.4 Å². The number of amides is 2. The number of carbonyl (C=O) groups excluding carboxylic acids is 2. The minimum atomic E-state index is -0.250. The van der Waals surface area contributed by atoms with E-state index >= 15 is 0 Å². The zero-order chi connectivity index (χ0) is 23.2. The summed E-state index contributed by atoms with van der Waals surface area (Å²) in [7, 11) is 0. The average Bonchev–Trinajstić information content (AvgIpc) is 2.82. The number of aromatic nitrogens is 1. The van der Waals surface area contributed by atoms with Gasteiger partial charge >= 0.3 is 0 Å². The molecule has 3 heterocycles. The lowest BCUT2D eigenvalue weighted by molar-refractivity contribution is -0.144. The number of hydrogen-bond donors (Lipinski definition) is 1. The molecule has 0 aliphatic carbocycles. The van der Waals surface area contributed by atoms with Gasteiger partial charge in [-0.25, -0.2) is 0 Å². The summed E-state index contributed by atoms with van der Waals surface area (Å²) in [5, 5.41) is 3.34. The average molecular weight is 449 g/mol. The predicted octanol–water partition coefficient (Wildman–Crippen LogP) is 3.80. The quantitative estimate of drug-likeness (QED) is 0.700. The van der Waals surface area contributed by atoms with E-state index in [2.05, 4.69) is 53.3 Å². The molecule has 2 saturated heterocycles. The molecule has 1 N–H and O–H groups in total. The Balaban J connectivity index is 1.40. The third-order valence-electron chi connectivity index (χ3n) is 6.81. The molecule has 176 valence electrons. The lowest BCUT2D eigenvalue weighted by Crippen LogP contribution is -2.52. The van der Waals surface area contributed by atoms with Crippen molar-refractivity contribution >= 4 is 11.8 Å². The molecular formula is C27H36N4O2. The first-order chi connectivity index (χ1) is 16.0. The first-order valence-corrected chi connectivity index (χ1v) is 12.3. The molecule has 1 aromatic heterocycles. The molecule has 33 heavy (non-hydrogen) atoms. The monoisotopic (exact) mass is 448 g/mol. The Labute approximate surface area is 197 Å². The van der Waals surface area contributed by atoms with E-state index in [1.165, 1.54) is 5.56 Å². The molecule has 2 aliphatic heterocycles. The maximum Gasteiger partial charge on any atom is 0.225 e. The van der Waals surface area contributed by atoms with Crippen molar-refractivity contribution < 1.29 is 9.59 Å². The van der Waals surface area contributed by atoms with Crippen LogP contribution in [0.5, 0.6) is 0 Å². The van der Waals surface area contributed by atoms with Crippen LogP contribution in [0.15, 0.2) is 54.9 Å². The first kappa shape index (κ1) is 23.4. The number of likely N-dealkylation sites (tertiary alicyclic amines) is 2. The third-order valence-corrected chi connectivity index (χ3v) is 6.81. The normalized spacial score (nSPS) is 22.5. The number of rotatable bonds is 7. The molecule has 0 radical (unpaired) electrons. The minimum absolute atomic E-state index is 0.0756. The number of nitrogens with zero attached hydrogens (tertiary/aromatic N) is 3. The molecule has 0 saturated carbocycles. The van der Waals surface area contributed by atoms with Crippen LogP contribution in [0.2, 0.25) is 0 Å². The van der Waals surface area contributed by atoms with Crippen LogP contribution in [-0.4, -0.2) is 52.3 Å². The molecule has 2 atom stereocenters. The highest BCUT2D eigenvalue weighted by atomic mass is 16.2. The summed E-state index contributed by atoms with van der Waals surface area (Å²) >= 11 is 0. The Morgan fingerprint density at radius 2 is 1.85 bits per heavy atom. The maximum absolute atomic E-state index is 13.5. The number of hydrogen-bond acceptors (Lipinski definition) is 4. The molecule has 2 amide bonds. The largest absolute Gasteiger partial charge is 0.353 e. The van der Waals surface area contributed by atoms with Gasteiger partial charge in [-0.3, -0.25) is 19.5 Å². The van der Waals surface area contributed by atoms with E-state index in [4.69, 9.17) is 0 Å². The third kappa shape index (κ3) is 5.99. The van der Waals surface area contributed by atoms with Crippen molar-refractivity contribution in [2.45, 2.75) is 58.2 Å². The van der Waals surface area contributed by atoms with E-state index in [-0.39, 0.29) is 29.8 Å². The molecule has 0 bridgehead atoms. The van der Waals surface area contributed by atoms with Crippen LogP contribution in [0.1, 0.15) is 56.7 Å². The summed E-state index contributed by atoms with van der Waals surface area (Å²) in [6.07, 6.45) is 6.47. The van der Waals surface area contributed by atoms with Gasteiger partial charge in [0.15, 0.2) is 0 Å². The smallest absolute Gasteiger partial charge is 0.225 e. The van der Waals surface area contributed by atoms with Gasteiger partial charge in [0.1, 0.15) is 0 Å². The Bertz CT molecular complexity index is 910. The van der Waals surface area contributed by atoms with Crippen LogP contribution < -0.4 is 5.32 Å². The van der Waals surface area contributed by atoms with Crippen LogP contribution in [-0.2, 0) is 16.1 Å². The topological polar surface area (TPSA) is 65.5 Å². The number of benzene rings is 1. The van der Waals surface area contributed by atoms with Gasteiger partial charge < -0.3 is 10.2 Å². The zero-order valence-corrected chi connectivity index (χ0v) is 19.8. The van der Waals surface area contributed by atoms with Gasteiger partial charge in [0, 0.05) is 51.0 Å². The van der Waals surface area contributed by atoms with Crippen molar-refractivity contribution in [2.24, 2.45) is 11.8 Å². The van der Waals surface area contributed by atoms with Crippen molar-refractivity contribution in [3.8, 4) is 0 Å². The van der Waals surface area contributed by atoms with Crippen molar-refractivity contribution in [3.05, 3.63) is 66.0 Å². The highest BCUT2D eigenvalue weighted by Crippen LogP contribution is 2.37. The van der Waals surface area contributed by atoms with Crippen LogP contribution in [0.4, 0.5) is 0 Å². The molecule has 1 aromatic carbocycles. The van der Waals surface area contributed by atoms with Crippen LogP contribution in [0.3, 0.4) is 0 Å². The molecule has 6 heteroatoms. The van der Waals surface area contributed by atoms with E-state index in [0.29, 0.717) is 25.3 Å². The number of carbonyl (C=O) groups is 2. The zero-order valence-electron chi connectivity index (χ0n) is 19.8. The fourth-order valence-electron chi connectivity index (χ4n) is 5.18. The van der Waals surface area contributed by atoms with Gasteiger partial charge in [-0.05, 0) is 42.4 Å². The van der Waals surface area contributed by atoms with Gasteiger partial charge in [0.25, 0.3) is 0 Å². The van der Waals surface area contributed by atoms with E-state index in [1.807, 2.05) is 23.1 Å².